The van der Waals surface area contributed by atoms with Gasteiger partial charge in [-0.1, -0.05) is 155 Å². The quantitative estimate of drug-likeness (QED) is 0.129. The van der Waals surface area contributed by atoms with Crippen molar-refractivity contribution in [2.45, 2.75) is 37.5 Å². The number of anilines is 6. The van der Waals surface area contributed by atoms with E-state index in [1.165, 1.54) is 65.4 Å². The maximum absolute atomic E-state index is 2.33. The molecule has 0 bridgehead atoms. The zero-order valence-electron chi connectivity index (χ0n) is 35.1. The van der Waals surface area contributed by atoms with E-state index >= 15 is 0 Å². The van der Waals surface area contributed by atoms with Crippen LogP contribution in [0.1, 0.15) is 22.3 Å². The van der Waals surface area contributed by atoms with Gasteiger partial charge < -0.3 is 9.80 Å². The van der Waals surface area contributed by atoms with E-state index in [2.05, 4.69) is 256 Å². The minimum Gasteiger partial charge on any atom is -0.311 e. The van der Waals surface area contributed by atoms with Gasteiger partial charge in [-0.05, 0) is 158 Å². The summed E-state index contributed by atoms with van der Waals surface area (Å²) < 4.78 is 0. The van der Waals surface area contributed by atoms with E-state index in [4.69, 9.17) is 0 Å². The monoisotopic (exact) mass is 804 g/mol. The lowest BCUT2D eigenvalue weighted by Crippen LogP contribution is -2.09. The Hall–Kier alpha value is -7.07. The van der Waals surface area contributed by atoms with Crippen molar-refractivity contribution in [2.75, 3.05) is 9.80 Å². The van der Waals surface area contributed by atoms with E-state index in [1.54, 1.807) is 11.8 Å². The third kappa shape index (κ3) is 9.09. The van der Waals surface area contributed by atoms with Crippen molar-refractivity contribution in [3.63, 3.8) is 0 Å². The van der Waals surface area contributed by atoms with Gasteiger partial charge in [0.2, 0.25) is 0 Å². The van der Waals surface area contributed by atoms with Gasteiger partial charge in [0.25, 0.3) is 0 Å². The van der Waals surface area contributed by atoms with Gasteiger partial charge in [-0.3, -0.25) is 0 Å². The van der Waals surface area contributed by atoms with E-state index < -0.39 is 0 Å². The van der Waals surface area contributed by atoms with Crippen molar-refractivity contribution in [3.05, 3.63) is 241 Å². The second kappa shape index (κ2) is 17.6. The van der Waals surface area contributed by atoms with E-state index in [1.807, 2.05) is 0 Å². The van der Waals surface area contributed by atoms with Crippen LogP contribution in [0.4, 0.5) is 34.1 Å². The van der Waals surface area contributed by atoms with Gasteiger partial charge in [0.1, 0.15) is 0 Å². The van der Waals surface area contributed by atoms with E-state index in [0.29, 0.717) is 0 Å². The highest BCUT2D eigenvalue weighted by Crippen LogP contribution is 2.40. The molecule has 0 saturated carbocycles. The fourth-order valence-electron chi connectivity index (χ4n) is 7.70. The maximum atomic E-state index is 2.33. The normalized spacial score (nSPS) is 11.0. The third-order valence-corrected chi connectivity index (χ3v) is 12.3. The molecule has 0 heterocycles. The minimum atomic E-state index is 1.12. The van der Waals surface area contributed by atoms with Crippen LogP contribution in [0.15, 0.2) is 228 Å². The Labute approximate surface area is 365 Å². The van der Waals surface area contributed by atoms with Crippen molar-refractivity contribution in [3.8, 4) is 33.4 Å². The first kappa shape index (κ1) is 39.4. The molecule has 9 rings (SSSR count). The van der Waals surface area contributed by atoms with Crippen molar-refractivity contribution in [2.24, 2.45) is 0 Å². The van der Waals surface area contributed by atoms with Crippen LogP contribution in [-0.2, 0) is 0 Å². The zero-order valence-corrected chi connectivity index (χ0v) is 35.9. The molecule has 296 valence electrons. The smallest absolute Gasteiger partial charge is 0.0462 e. The Morgan fingerprint density at radius 1 is 0.213 bits per heavy atom. The molecule has 9 aromatic carbocycles. The molecule has 0 spiro atoms. The summed E-state index contributed by atoms with van der Waals surface area (Å²) in [6, 6.07) is 79.5. The fraction of sp³-hybridized carbons (Fsp3) is 0.0690. The summed E-state index contributed by atoms with van der Waals surface area (Å²) >= 11 is 1.78. The fourth-order valence-corrected chi connectivity index (χ4v) is 8.51. The van der Waals surface area contributed by atoms with Crippen LogP contribution in [-0.4, -0.2) is 0 Å². The molecule has 2 nitrogen and oxygen atoms in total. The van der Waals surface area contributed by atoms with Gasteiger partial charge in [0.15, 0.2) is 0 Å². The van der Waals surface area contributed by atoms with Gasteiger partial charge >= 0.3 is 0 Å². The van der Waals surface area contributed by atoms with E-state index in [0.717, 1.165) is 34.1 Å². The molecular formula is C58H48N2S. The second-order valence-electron chi connectivity index (χ2n) is 15.8. The molecule has 0 aliphatic rings. The number of nitrogens with zero attached hydrogens (tertiary/aromatic N) is 2. The standard InChI is InChI=1S/C58H48N2S/c1-41-5-13-45(14-6-41)47-17-29-53(30-18-47)59(51-25-9-43(3)10-26-51)54-33-21-49(22-34-54)50-23-37-57(38-24-50)61-58-39-35-56(36-40-58)60(52-27-11-44(4)12-28-52)55-31-19-48(20-32-55)46-15-7-42(2)8-16-46/h5-40H,1-4H3. The molecular weight excluding hydrogens is 757 g/mol. The average molecular weight is 805 g/mol. The summed E-state index contributed by atoms with van der Waals surface area (Å²) in [5.74, 6) is 0. The van der Waals surface area contributed by atoms with Crippen LogP contribution in [0, 0.1) is 27.7 Å². The summed E-state index contributed by atoms with van der Waals surface area (Å²) in [5.41, 5.74) is 19.0. The summed E-state index contributed by atoms with van der Waals surface area (Å²) in [6.45, 7) is 8.52. The van der Waals surface area contributed by atoms with Gasteiger partial charge in [-0.15, -0.1) is 0 Å². The highest BCUT2D eigenvalue weighted by atomic mass is 32.2. The molecule has 0 aliphatic heterocycles. The molecule has 0 aromatic heterocycles. The summed E-state index contributed by atoms with van der Waals surface area (Å²) in [6.07, 6.45) is 0. The SMILES string of the molecule is Cc1ccc(-c2ccc(N(c3ccc(C)cc3)c3ccc(Sc4ccc(-c5ccc(N(c6ccc(C)cc6)c6ccc(-c7ccc(C)cc7)cc6)cc5)cc4)cc3)cc2)cc1. The largest absolute Gasteiger partial charge is 0.311 e. The Bertz CT molecular complexity index is 2830. The first-order chi connectivity index (χ1) is 29.8. The van der Waals surface area contributed by atoms with Crippen LogP contribution in [0.3, 0.4) is 0 Å². The van der Waals surface area contributed by atoms with E-state index in [9.17, 15) is 0 Å². The van der Waals surface area contributed by atoms with Gasteiger partial charge in [-0.2, -0.15) is 0 Å². The molecule has 0 N–H and O–H groups in total. The number of rotatable bonds is 11. The van der Waals surface area contributed by atoms with Crippen LogP contribution in [0.5, 0.6) is 0 Å². The molecule has 0 aliphatic carbocycles. The molecule has 0 saturated heterocycles. The number of aryl methyl sites for hydroxylation is 4. The van der Waals surface area contributed by atoms with Gasteiger partial charge in [0.05, 0.1) is 0 Å². The Morgan fingerprint density at radius 3 is 0.639 bits per heavy atom. The van der Waals surface area contributed by atoms with Crippen molar-refractivity contribution in [1.29, 1.82) is 0 Å². The molecule has 9 aromatic rings. The summed E-state index contributed by atoms with van der Waals surface area (Å²) in [7, 11) is 0. The average Bonchev–Trinajstić information content (AvgIpc) is 3.30. The first-order valence-corrected chi connectivity index (χ1v) is 21.7. The Kier molecular flexibility index (Phi) is 11.4. The lowest BCUT2D eigenvalue weighted by molar-refractivity contribution is 1.26. The van der Waals surface area contributed by atoms with Gasteiger partial charge in [0, 0.05) is 43.9 Å². The summed E-state index contributed by atoms with van der Waals surface area (Å²) in [5, 5.41) is 0. The lowest BCUT2D eigenvalue weighted by atomic mass is 10.0. The van der Waals surface area contributed by atoms with Crippen molar-refractivity contribution >= 4 is 45.9 Å². The molecule has 0 atom stereocenters. The van der Waals surface area contributed by atoms with Crippen LogP contribution >= 0.6 is 11.8 Å². The van der Waals surface area contributed by atoms with Crippen molar-refractivity contribution < 1.29 is 0 Å². The second-order valence-corrected chi connectivity index (χ2v) is 17.0. The maximum Gasteiger partial charge on any atom is 0.0462 e. The van der Waals surface area contributed by atoms with Crippen molar-refractivity contribution in [1.82, 2.24) is 0 Å². The van der Waals surface area contributed by atoms with Gasteiger partial charge in [-0.25, -0.2) is 0 Å². The molecule has 0 unspecified atom stereocenters. The number of hydrogen-bond donors (Lipinski definition) is 0. The third-order valence-electron chi connectivity index (χ3n) is 11.2. The lowest BCUT2D eigenvalue weighted by Gasteiger charge is -2.26. The highest BCUT2D eigenvalue weighted by molar-refractivity contribution is 7.99. The Morgan fingerprint density at radius 2 is 0.377 bits per heavy atom. The molecule has 3 heteroatoms. The molecule has 0 radical (unpaired) electrons. The predicted octanol–water partition coefficient (Wildman–Crippen LogP) is 17.0. The minimum absolute atomic E-state index is 1.12. The summed E-state index contributed by atoms with van der Waals surface area (Å²) in [4.78, 5) is 7.06. The number of hydrogen-bond acceptors (Lipinski definition) is 3. The first-order valence-electron chi connectivity index (χ1n) is 20.9. The van der Waals surface area contributed by atoms with Crippen LogP contribution in [0.25, 0.3) is 33.4 Å². The van der Waals surface area contributed by atoms with Crippen LogP contribution in [0.2, 0.25) is 0 Å². The highest BCUT2D eigenvalue weighted by Gasteiger charge is 2.15. The molecule has 0 amide bonds. The topological polar surface area (TPSA) is 6.48 Å². The number of benzene rings is 9. The predicted molar refractivity (Wildman–Crippen MR) is 262 cm³/mol. The zero-order chi connectivity index (χ0) is 41.7. The molecule has 61 heavy (non-hydrogen) atoms. The molecule has 0 fully saturated rings. The van der Waals surface area contributed by atoms with E-state index in [-0.39, 0.29) is 0 Å². The van der Waals surface area contributed by atoms with Crippen LogP contribution < -0.4 is 9.80 Å². The Balaban J connectivity index is 0.913.